The average Bonchev–Trinajstić information content (AvgIpc) is 2.84. The fourth-order valence-corrected chi connectivity index (χ4v) is 4.36. The maximum atomic E-state index is 6.28. The lowest BCUT2D eigenvalue weighted by molar-refractivity contribution is 0.227. The van der Waals surface area contributed by atoms with Crippen LogP contribution in [0.2, 0.25) is 0 Å². The second-order valence-corrected chi connectivity index (χ2v) is 6.54. The van der Waals surface area contributed by atoms with Crippen molar-refractivity contribution in [2.45, 2.75) is 57.5 Å². The summed E-state index contributed by atoms with van der Waals surface area (Å²) >= 11 is 0. The predicted molar refractivity (Wildman–Crippen MR) is 67.2 cm³/mol. The molecule has 3 aliphatic rings. The molecule has 16 heavy (non-hydrogen) atoms. The Morgan fingerprint density at radius 1 is 1.06 bits per heavy atom. The highest BCUT2D eigenvalue weighted by Crippen LogP contribution is 2.39. The molecule has 1 heterocycles. The van der Waals surface area contributed by atoms with Crippen LogP contribution >= 0.6 is 0 Å². The van der Waals surface area contributed by atoms with Gasteiger partial charge in [0.05, 0.1) is 0 Å². The summed E-state index contributed by atoms with van der Waals surface area (Å²) in [6.45, 7) is 5.08. The van der Waals surface area contributed by atoms with Gasteiger partial charge in [-0.05, 0) is 49.9 Å². The van der Waals surface area contributed by atoms with E-state index in [-0.39, 0.29) is 0 Å². The zero-order valence-electron chi connectivity index (χ0n) is 10.6. The van der Waals surface area contributed by atoms with Crippen molar-refractivity contribution in [2.75, 3.05) is 13.1 Å². The van der Waals surface area contributed by atoms with Gasteiger partial charge in [-0.25, -0.2) is 0 Å². The molecule has 1 aliphatic heterocycles. The lowest BCUT2D eigenvalue weighted by atomic mass is 9.78. The van der Waals surface area contributed by atoms with Gasteiger partial charge >= 0.3 is 0 Å². The molecule has 0 aromatic heterocycles. The normalized spacial score (nSPS) is 49.5. The van der Waals surface area contributed by atoms with Gasteiger partial charge in [0.25, 0.3) is 0 Å². The molecule has 1 saturated heterocycles. The second kappa shape index (κ2) is 4.30. The summed E-state index contributed by atoms with van der Waals surface area (Å²) < 4.78 is 0. The van der Waals surface area contributed by atoms with Crippen molar-refractivity contribution in [3.05, 3.63) is 0 Å². The van der Waals surface area contributed by atoms with Crippen molar-refractivity contribution < 1.29 is 0 Å². The van der Waals surface area contributed by atoms with E-state index in [4.69, 9.17) is 5.73 Å². The van der Waals surface area contributed by atoms with Crippen molar-refractivity contribution in [1.82, 2.24) is 4.90 Å². The monoisotopic (exact) mass is 222 g/mol. The molecule has 0 aromatic carbocycles. The maximum absolute atomic E-state index is 6.28. The van der Waals surface area contributed by atoms with Crippen LogP contribution in [0.5, 0.6) is 0 Å². The van der Waals surface area contributed by atoms with E-state index in [0.717, 1.165) is 23.8 Å². The van der Waals surface area contributed by atoms with Crippen LogP contribution in [0.4, 0.5) is 0 Å². The molecule has 3 rings (SSSR count). The number of rotatable bonds is 1. The minimum Gasteiger partial charge on any atom is -0.327 e. The first-order valence-corrected chi connectivity index (χ1v) is 7.23. The Labute approximate surface area is 99.6 Å². The van der Waals surface area contributed by atoms with Crippen LogP contribution in [0.3, 0.4) is 0 Å². The van der Waals surface area contributed by atoms with Crippen LogP contribution in [0.25, 0.3) is 0 Å². The van der Waals surface area contributed by atoms with E-state index in [0.29, 0.717) is 6.04 Å². The van der Waals surface area contributed by atoms with Crippen molar-refractivity contribution in [1.29, 1.82) is 0 Å². The Bertz CT molecular complexity index is 253. The van der Waals surface area contributed by atoms with Crippen LogP contribution in [0, 0.1) is 17.8 Å². The Hall–Kier alpha value is -0.0800. The quantitative estimate of drug-likeness (QED) is 0.737. The SMILES string of the molecule is CC1CCC(N2CC3CCCC(N)C3C2)C1. The fraction of sp³-hybridized carbons (Fsp3) is 1.00. The van der Waals surface area contributed by atoms with E-state index in [9.17, 15) is 0 Å². The summed E-state index contributed by atoms with van der Waals surface area (Å²) in [5.41, 5.74) is 6.28. The number of fused-ring (bicyclic) bond motifs is 1. The Balaban J connectivity index is 1.63. The number of nitrogens with two attached hydrogens (primary N) is 1. The largest absolute Gasteiger partial charge is 0.327 e. The molecule has 3 fully saturated rings. The van der Waals surface area contributed by atoms with E-state index in [1.807, 2.05) is 0 Å². The third-order valence-electron chi connectivity index (χ3n) is 5.37. The summed E-state index contributed by atoms with van der Waals surface area (Å²) in [4.78, 5) is 2.78. The highest BCUT2D eigenvalue weighted by atomic mass is 15.2. The summed E-state index contributed by atoms with van der Waals surface area (Å²) in [6.07, 6.45) is 8.41. The number of nitrogens with zero attached hydrogens (tertiary/aromatic N) is 1. The minimum atomic E-state index is 0.502. The number of likely N-dealkylation sites (tertiary alicyclic amines) is 1. The molecule has 2 aliphatic carbocycles. The third-order valence-corrected chi connectivity index (χ3v) is 5.37. The van der Waals surface area contributed by atoms with Crippen LogP contribution in [-0.4, -0.2) is 30.1 Å². The molecule has 2 saturated carbocycles. The second-order valence-electron chi connectivity index (χ2n) is 6.54. The van der Waals surface area contributed by atoms with E-state index >= 15 is 0 Å². The van der Waals surface area contributed by atoms with Crippen LogP contribution < -0.4 is 5.73 Å². The van der Waals surface area contributed by atoms with Gasteiger partial charge in [-0.15, -0.1) is 0 Å². The third kappa shape index (κ3) is 1.91. The molecule has 0 amide bonds. The zero-order chi connectivity index (χ0) is 11.1. The molecule has 2 heteroatoms. The lowest BCUT2D eigenvalue weighted by Crippen LogP contribution is -2.38. The first-order chi connectivity index (χ1) is 7.74. The first kappa shape index (κ1) is 11.0. The molecule has 0 bridgehead atoms. The fourth-order valence-electron chi connectivity index (χ4n) is 4.36. The van der Waals surface area contributed by atoms with Crippen molar-refractivity contribution in [2.24, 2.45) is 23.5 Å². The van der Waals surface area contributed by atoms with Crippen LogP contribution in [0.15, 0.2) is 0 Å². The molecule has 5 atom stereocenters. The smallest absolute Gasteiger partial charge is 0.00981 e. The molecular weight excluding hydrogens is 196 g/mol. The lowest BCUT2D eigenvalue weighted by Gasteiger charge is -2.30. The standard InChI is InChI=1S/C14H26N2/c1-10-5-6-12(7-10)16-8-11-3-2-4-14(15)13(11)9-16/h10-14H,2-9,15H2,1H3. The van der Waals surface area contributed by atoms with Gasteiger partial charge in [0.1, 0.15) is 0 Å². The van der Waals surface area contributed by atoms with Crippen molar-refractivity contribution in [3.63, 3.8) is 0 Å². The molecule has 0 radical (unpaired) electrons. The van der Waals surface area contributed by atoms with Gasteiger partial charge in [0.2, 0.25) is 0 Å². The van der Waals surface area contributed by atoms with Gasteiger partial charge < -0.3 is 5.73 Å². The maximum Gasteiger partial charge on any atom is 0.00981 e. The Kier molecular flexibility index (Phi) is 2.97. The van der Waals surface area contributed by atoms with Crippen LogP contribution in [-0.2, 0) is 0 Å². The van der Waals surface area contributed by atoms with Gasteiger partial charge in [-0.3, -0.25) is 4.90 Å². The molecule has 2 N–H and O–H groups in total. The van der Waals surface area contributed by atoms with Gasteiger partial charge in [0, 0.05) is 25.2 Å². The summed E-state index contributed by atoms with van der Waals surface area (Å²) in [6, 6.07) is 1.40. The topological polar surface area (TPSA) is 29.3 Å². The van der Waals surface area contributed by atoms with Crippen molar-refractivity contribution in [3.8, 4) is 0 Å². The van der Waals surface area contributed by atoms with Gasteiger partial charge in [0.15, 0.2) is 0 Å². The molecule has 0 aromatic rings. The summed E-state index contributed by atoms with van der Waals surface area (Å²) in [7, 11) is 0. The molecule has 0 spiro atoms. The molecule has 92 valence electrons. The summed E-state index contributed by atoms with van der Waals surface area (Å²) in [5, 5.41) is 0. The van der Waals surface area contributed by atoms with Gasteiger partial charge in [-0.1, -0.05) is 13.3 Å². The zero-order valence-corrected chi connectivity index (χ0v) is 10.6. The van der Waals surface area contributed by atoms with E-state index < -0.39 is 0 Å². The predicted octanol–water partition coefficient (Wildman–Crippen LogP) is 2.23. The van der Waals surface area contributed by atoms with Gasteiger partial charge in [-0.2, -0.15) is 0 Å². The summed E-state index contributed by atoms with van der Waals surface area (Å²) in [5.74, 6) is 2.71. The highest BCUT2D eigenvalue weighted by molar-refractivity contribution is 4.96. The van der Waals surface area contributed by atoms with Crippen LogP contribution in [0.1, 0.15) is 45.4 Å². The molecule has 2 nitrogen and oxygen atoms in total. The van der Waals surface area contributed by atoms with E-state index in [1.165, 1.54) is 51.6 Å². The Morgan fingerprint density at radius 2 is 1.94 bits per heavy atom. The first-order valence-electron chi connectivity index (χ1n) is 7.23. The average molecular weight is 222 g/mol. The number of hydrogen-bond acceptors (Lipinski definition) is 2. The van der Waals surface area contributed by atoms with E-state index in [1.54, 1.807) is 0 Å². The molecular formula is C14H26N2. The van der Waals surface area contributed by atoms with Crippen molar-refractivity contribution >= 4 is 0 Å². The molecule has 5 unspecified atom stereocenters. The number of hydrogen-bond donors (Lipinski definition) is 1. The minimum absolute atomic E-state index is 0.502. The Morgan fingerprint density at radius 3 is 2.62 bits per heavy atom. The van der Waals surface area contributed by atoms with E-state index in [2.05, 4.69) is 11.8 Å². The highest BCUT2D eigenvalue weighted by Gasteiger charge is 2.41.